The zero-order chi connectivity index (χ0) is 25.8. The molecule has 2 heterocycles. The SMILES string of the molecule is Cc1sc2c(c1C)C(c1ccc(Cl)cc1)=NC(CC(=O)NCc1ccc(/C=C/C(N)=O)cc1)C(=O)N2. The summed E-state index contributed by atoms with van der Waals surface area (Å²) in [4.78, 5) is 42.5. The van der Waals surface area contributed by atoms with E-state index in [1.54, 1.807) is 18.2 Å². The molecule has 1 aliphatic heterocycles. The molecule has 2 aromatic carbocycles. The Morgan fingerprint density at radius 3 is 2.50 bits per heavy atom. The van der Waals surface area contributed by atoms with Crippen molar-refractivity contribution in [1.82, 2.24) is 5.32 Å². The molecule has 4 N–H and O–H groups in total. The number of benzene rings is 2. The molecule has 1 unspecified atom stereocenters. The molecule has 4 rings (SSSR count). The van der Waals surface area contributed by atoms with Gasteiger partial charge in [0.2, 0.25) is 17.7 Å². The molecule has 0 spiro atoms. The quantitative estimate of drug-likeness (QED) is 0.401. The Morgan fingerprint density at radius 2 is 1.83 bits per heavy atom. The number of aliphatic imine (C=N–C) groups is 1. The van der Waals surface area contributed by atoms with Crippen LogP contribution < -0.4 is 16.4 Å². The van der Waals surface area contributed by atoms with Crippen LogP contribution in [0.25, 0.3) is 6.08 Å². The number of primary amides is 1. The average Bonchev–Trinajstić information content (AvgIpc) is 3.04. The lowest BCUT2D eigenvalue weighted by molar-refractivity contribution is -0.125. The van der Waals surface area contributed by atoms with Crippen molar-refractivity contribution >= 4 is 57.4 Å². The van der Waals surface area contributed by atoms with Gasteiger partial charge < -0.3 is 16.4 Å². The number of hydrogen-bond donors (Lipinski definition) is 3. The first-order valence-electron chi connectivity index (χ1n) is 11.3. The maximum absolute atomic E-state index is 13.0. The highest BCUT2D eigenvalue weighted by Crippen LogP contribution is 2.36. The molecule has 3 amide bonds. The smallest absolute Gasteiger partial charge is 0.250 e. The number of rotatable bonds is 7. The van der Waals surface area contributed by atoms with E-state index in [9.17, 15) is 14.4 Å². The van der Waals surface area contributed by atoms with E-state index in [-0.39, 0.29) is 18.2 Å². The molecular weight excluding hydrogens is 496 g/mol. The molecule has 36 heavy (non-hydrogen) atoms. The number of halogens is 1. The fraction of sp³-hybridized carbons (Fsp3) is 0.185. The molecule has 1 aliphatic rings. The van der Waals surface area contributed by atoms with Crippen molar-refractivity contribution in [3.8, 4) is 0 Å². The molecule has 1 aromatic heterocycles. The summed E-state index contributed by atoms with van der Waals surface area (Å²) in [7, 11) is 0. The molecule has 0 saturated heterocycles. The van der Waals surface area contributed by atoms with Crippen LogP contribution in [0, 0.1) is 13.8 Å². The zero-order valence-electron chi connectivity index (χ0n) is 19.8. The predicted molar refractivity (Wildman–Crippen MR) is 144 cm³/mol. The normalized spacial score (nSPS) is 15.1. The van der Waals surface area contributed by atoms with Crippen LogP contribution in [0.4, 0.5) is 5.00 Å². The molecule has 7 nitrogen and oxygen atoms in total. The highest BCUT2D eigenvalue weighted by atomic mass is 35.5. The molecule has 3 aromatic rings. The summed E-state index contributed by atoms with van der Waals surface area (Å²) >= 11 is 7.58. The first-order chi connectivity index (χ1) is 17.2. The lowest BCUT2D eigenvalue weighted by Crippen LogP contribution is -2.33. The largest absolute Gasteiger partial charge is 0.366 e. The number of aryl methyl sites for hydroxylation is 1. The molecule has 0 aliphatic carbocycles. The van der Waals surface area contributed by atoms with Crippen LogP contribution in [-0.2, 0) is 20.9 Å². The summed E-state index contributed by atoms with van der Waals surface area (Å²) < 4.78 is 0. The van der Waals surface area contributed by atoms with E-state index in [2.05, 4.69) is 10.6 Å². The maximum Gasteiger partial charge on any atom is 0.250 e. The third kappa shape index (κ3) is 5.90. The Balaban J connectivity index is 1.51. The number of thiophene rings is 1. The van der Waals surface area contributed by atoms with Crippen LogP contribution in [0.3, 0.4) is 0 Å². The number of hydrogen-bond acceptors (Lipinski definition) is 5. The highest BCUT2D eigenvalue weighted by molar-refractivity contribution is 7.17. The Morgan fingerprint density at radius 1 is 1.14 bits per heavy atom. The topological polar surface area (TPSA) is 114 Å². The third-order valence-corrected chi connectivity index (χ3v) is 7.23. The summed E-state index contributed by atoms with van der Waals surface area (Å²) in [5.41, 5.74) is 10.2. The van der Waals surface area contributed by atoms with Crippen molar-refractivity contribution in [2.45, 2.75) is 32.9 Å². The van der Waals surface area contributed by atoms with E-state index in [0.717, 1.165) is 37.7 Å². The van der Waals surface area contributed by atoms with Gasteiger partial charge in [0.05, 0.1) is 12.1 Å². The third-order valence-electron chi connectivity index (χ3n) is 5.85. The number of nitrogens with two attached hydrogens (primary N) is 1. The number of anilines is 1. The van der Waals surface area contributed by atoms with Crippen LogP contribution in [0.5, 0.6) is 0 Å². The van der Waals surface area contributed by atoms with Crippen LogP contribution in [0.1, 0.15) is 39.1 Å². The molecular formula is C27H25ClN4O3S. The monoisotopic (exact) mass is 520 g/mol. The summed E-state index contributed by atoms with van der Waals surface area (Å²) in [6.45, 7) is 4.31. The second kappa shape index (κ2) is 10.9. The first-order valence-corrected chi connectivity index (χ1v) is 12.5. The lowest BCUT2D eigenvalue weighted by Gasteiger charge is -2.12. The van der Waals surface area contributed by atoms with Gasteiger partial charge in [0.25, 0.3) is 0 Å². The van der Waals surface area contributed by atoms with Gasteiger partial charge in [0.15, 0.2) is 0 Å². The lowest BCUT2D eigenvalue weighted by atomic mass is 10.00. The van der Waals surface area contributed by atoms with Crippen LogP contribution >= 0.6 is 22.9 Å². The Bertz CT molecular complexity index is 1380. The van der Waals surface area contributed by atoms with Crippen molar-refractivity contribution in [2.75, 3.05) is 5.32 Å². The van der Waals surface area contributed by atoms with E-state index in [1.165, 1.54) is 17.4 Å². The summed E-state index contributed by atoms with van der Waals surface area (Å²) in [5.74, 6) is -1.12. The molecule has 184 valence electrons. The number of nitrogens with zero attached hydrogens (tertiary/aromatic N) is 1. The van der Waals surface area contributed by atoms with Crippen molar-refractivity contribution in [3.05, 3.63) is 92.3 Å². The van der Waals surface area contributed by atoms with E-state index < -0.39 is 11.9 Å². The van der Waals surface area contributed by atoms with E-state index >= 15 is 0 Å². The van der Waals surface area contributed by atoms with Crippen LogP contribution in [-0.4, -0.2) is 29.5 Å². The number of fused-ring (bicyclic) bond motifs is 1. The van der Waals surface area contributed by atoms with Gasteiger partial charge in [-0.05, 0) is 48.7 Å². The van der Waals surface area contributed by atoms with Crippen molar-refractivity contribution in [3.63, 3.8) is 0 Å². The van der Waals surface area contributed by atoms with E-state index in [1.807, 2.05) is 50.2 Å². The van der Waals surface area contributed by atoms with Gasteiger partial charge >= 0.3 is 0 Å². The molecule has 0 fully saturated rings. The summed E-state index contributed by atoms with van der Waals surface area (Å²) in [5, 5.41) is 7.17. The van der Waals surface area contributed by atoms with Crippen LogP contribution in [0.2, 0.25) is 5.02 Å². The van der Waals surface area contributed by atoms with Gasteiger partial charge in [-0.1, -0.05) is 48.0 Å². The molecule has 1 atom stereocenters. The van der Waals surface area contributed by atoms with E-state index in [0.29, 0.717) is 17.3 Å². The van der Waals surface area contributed by atoms with E-state index in [4.69, 9.17) is 22.3 Å². The van der Waals surface area contributed by atoms with Crippen molar-refractivity contribution in [1.29, 1.82) is 0 Å². The van der Waals surface area contributed by atoms with Gasteiger partial charge in [0.1, 0.15) is 11.0 Å². The Labute approximate surface area is 218 Å². The van der Waals surface area contributed by atoms with Gasteiger partial charge in [-0.3, -0.25) is 19.4 Å². The fourth-order valence-corrected chi connectivity index (χ4v) is 5.00. The molecule has 0 radical (unpaired) electrons. The number of carbonyl (C=O) groups excluding carboxylic acids is 3. The maximum atomic E-state index is 13.0. The minimum Gasteiger partial charge on any atom is -0.366 e. The second-order valence-electron chi connectivity index (χ2n) is 8.44. The average molecular weight is 521 g/mol. The van der Waals surface area contributed by atoms with Crippen molar-refractivity contribution in [2.24, 2.45) is 10.7 Å². The number of amides is 3. The summed E-state index contributed by atoms with van der Waals surface area (Å²) in [6.07, 6.45) is 2.82. The highest BCUT2D eigenvalue weighted by Gasteiger charge is 2.30. The van der Waals surface area contributed by atoms with Gasteiger partial charge in [-0.2, -0.15) is 0 Å². The van der Waals surface area contributed by atoms with Gasteiger partial charge in [-0.25, -0.2) is 0 Å². The Kier molecular flexibility index (Phi) is 7.67. The van der Waals surface area contributed by atoms with Crippen LogP contribution in [0.15, 0.2) is 59.6 Å². The second-order valence-corrected chi connectivity index (χ2v) is 10.1. The fourth-order valence-electron chi connectivity index (χ4n) is 3.81. The number of carbonyl (C=O) groups is 3. The zero-order valence-corrected chi connectivity index (χ0v) is 21.4. The van der Waals surface area contributed by atoms with Gasteiger partial charge in [0, 0.05) is 33.6 Å². The first kappa shape index (κ1) is 25.3. The molecule has 0 saturated carbocycles. The summed E-state index contributed by atoms with van der Waals surface area (Å²) in [6, 6.07) is 13.8. The Hall–Kier alpha value is -3.75. The van der Waals surface area contributed by atoms with Crippen molar-refractivity contribution < 1.29 is 14.4 Å². The molecule has 9 heteroatoms. The van der Waals surface area contributed by atoms with Gasteiger partial charge in [-0.15, -0.1) is 11.3 Å². The standard InChI is InChI=1S/C27H25ClN4O3S/c1-15-16(2)36-27-24(15)25(19-8-10-20(28)11-9-19)31-21(26(35)32-27)13-23(34)30-14-18-5-3-17(4-6-18)7-12-22(29)33/h3-12,21H,13-14H2,1-2H3,(H2,29,33)(H,30,34)(H,32,35)/b12-7+. The minimum atomic E-state index is -0.878. The minimum absolute atomic E-state index is 0.0880. The molecule has 0 bridgehead atoms. The number of nitrogens with one attached hydrogen (secondary N) is 2. The predicted octanol–water partition coefficient (Wildman–Crippen LogP) is 4.38.